The van der Waals surface area contributed by atoms with Crippen molar-refractivity contribution in [2.75, 3.05) is 0 Å². The van der Waals surface area contributed by atoms with Crippen LogP contribution in [0.15, 0.2) is 0 Å². The topological polar surface area (TPSA) is 34.1 Å². The average Bonchev–Trinajstić information content (AvgIpc) is 0.811. The summed E-state index contributed by atoms with van der Waals surface area (Å²) in [4.78, 5) is 0. The third kappa shape index (κ3) is 44.8. The van der Waals surface area contributed by atoms with Gasteiger partial charge in [0.2, 0.25) is 0 Å². The van der Waals surface area contributed by atoms with Crippen LogP contribution in [0.3, 0.4) is 0 Å². The van der Waals surface area contributed by atoms with Gasteiger partial charge in [0.25, 0.3) is 0 Å². The van der Waals surface area contributed by atoms with Crippen LogP contribution in [0.25, 0.3) is 0 Å². The summed E-state index contributed by atoms with van der Waals surface area (Å²) in [6, 6.07) is 0. The maximum absolute atomic E-state index is 9.01. The van der Waals surface area contributed by atoms with E-state index in [1.807, 2.05) is 0 Å². The third-order valence-electron chi connectivity index (χ3n) is 0. The zero-order valence-corrected chi connectivity index (χ0v) is 5.56. The van der Waals surface area contributed by atoms with E-state index in [1.54, 1.807) is 0 Å². The van der Waals surface area contributed by atoms with Crippen LogP contribution in [-0.2, 0) is 43.2 Å². The van der Waals surface area contributed by atoms with Crippen LogP contribution in [-0.4, -0.2) is 0 Å². The molecule has 0 saturated carbocycles. The van der Waals surface area contributed by atoms with E-state index < -0.39 is 6.15 Å². The molecule has 29 valence electrons. The van der Waals surface area contributed by atoms with Crippen molar-refractivity contribution in [1.82, 2.24) is 0 Å². The Morgan fingerprint density at radius 1 is 1.40 bits per heavy atom. The first-order valence-corrected chi connectivity index (χ1v) is 3.57. The molecule has 0 aliphatic carbocycles. The normalized spacial score (nSPS) is 4.80. The van der Waals surface area contributed by atoms with Crippen molar-refractivity contribution in [1.29, 1.82) is 0 Å². The predicted molar refractivity (Wildman–Crippen MR) is 8.29 cm³/mol. The number of hydrogen-bond donors (Lipinski definition) is 0. The molecule has 0 heterocycles. The van der Waals surface area contributed by atoms with Crippen molar-refractivity contribution in [3.63, 3.8) is 0 Å². The molecule has 0 rings (SSSR count). The molecule has 1 radical (unpaired) electrons. The fraction of sp³-hybridized carbons (Fsp3) is 0. The molecule has 0 atom stereocenters. The Labute approximate surface area is 49.5 Å². The van der Waals surface area contributed by atoms with Crippen molar-refractivity contribution in [3.05, 3.63) is 0 Å². The molecule has 0 aliphatic heterocycles. The Hall–Kier alpha value is 1.00. The van der Waals surface area contributed by atoms with Crippen LogP contribution in [0.1, 0.15) is 0 Å². The number of rotatable bonds is 0. The van der Waals surface area contributed by atoms with Crippen LogP contribution >= 0.6 is 6.15 Å². The van der Waals surface area contributed by atoms with Crippen LogP contribution in [0.5, 0.6) is 0 Å². The quantitative estimate of drug-likeness (QED) is 0.393. The molecule has 0 saturated heterocycles. The van der Waals surface area contributed by atoms with E-state index in [0.717, 1.165) is 0 Å². The van der Waals surface area contributed by atoms with Crippen molar-refractivity contribution >= 4 is 6.15 Å². The Morgan fingerprint density at radius 2 is 1.40 bits per heavy atom. The molecule has 0 fully saturated rings. The minimum Gasteiger partial charge on any atom is 0 e. The van der Waals surface area contributed by atoms with E-state index in [4.69, 9.17) is 9.13 Å². The van der Waals surface area contributed by atoms with Crippen LogP contribution in [0.2, 0.25) is 0 Å². The maximum Gasteiger partial charge on any atom is 0 e. The first kappa shape index (κ1) is 9.38. The van der Waals surface area contributed by atoms with Crippen molar-refractivity contribution < 1.29 is 43.2 Å². The first-order chi connectivity index (χ1) is 1.73. The van der Waals surface area contributed by atoms with Crippen LogP contribution < -0.4 is 0 Å². The van der Waals surface area contributed by atoms with Gasteiger partial charge in [0, 0.05) is 17.1 Å². The van der Waals surface area contributed by atoms with E-state index in [9.17, 15) is 0 Å². The summed E-state index contributed by atoms with van der Waals surface area (Å²) < 4.78 is 18.0. The smallest absolute Gasteiger partial charge is 0 e. The molecule has 0 aromatic carbocycles. The Bertz CT molecular complexity index is 58.0. The van der Waals surface area contributed by atoms with Crippen molar-refractivity contribution in [2.24, 2.45) is 0 Å². The minimum atomic E-state index is -2.18. The van der Waals surface area contributed by atoms with Gasteiger partial charge in [-0.05, 0) is 0 Å². The van der Waals surface area contributed by atoms with E-state index in [2.05, 4.69) is 0 Å². The predicted octanol–water partition coefficient (Wildman–Crippen LogP) is 0.619. The second-order valence-corrected chi connectivity index (χ2v) is 2.24. The minimum absolute atomic E-state index is 0. The summed E-state index contributed by atoms with van der Waals surface area (Å²) in [5.41, 5.74) is 0. The molecule has 5 heavy (non-hydrogen) atoms. The van der Waals surface area contributed by atoms with E-state index in [-0.39, 0.29) is 17.1 Å². The Morgan fingerprint density at radius 3 is 1.40 bits per heavy atom. The molecule has 0 aromatic heterocycles. The van der Waals surface area contributed by atoms with Gasteiger partial charge in [-0.15, -0.1) is 0 Å². The van der Waals surface area contributed by atoms with Crippen LogP contribution in [0, 0.1) is 0 Å². The molecule has 5 heteroatoms. The standard InChI is InChI=1S/Mn.O2P.V/c;1-3-2;. The van der Waals surface area contributed by atoms with Crippen LogP contribution in [0.4, 0.5) is 0 Å². The van der Waals surface area contributed by atoms with Gasteiger partial charge in [-0.1, -0.05) is 0 Å². The Balaban J connectivity index is 0. The van der Waals surface area contributed by atoms with Gasteiger partial charge in [0.1, 0.15) is 0 Å². The fourth-order valence-corrected chi connectivity index (χ4v) is 0. The van der Waals surface area contributed by atoms with Crippen molar-refractivity contribution in [2.45, 2.75) is 0 Å². The average molecular weight is 169 g/mol. The molecule has 0 spiro atoms. The number of hydrogen-bond acceptors (Lipinski definition) is 2. The second kappa shape index (κ2) is 5.00. The monoisotopic (exact) mass is 169 g/mol. The maximum atomic E-state index is 9.01. The largest absolute Gasteiger partial charge is 0 e. The molecule has 0 aliphatic rings. The zero-order valence-electron chi connectivity index (χ0n) is 2.09. The summed E-state index contributed by atoms with van der Waals surface area (Å²) in [5.74, 6) is 0. The summed E-state index contributed by atoms with van der Waals surface area (Å²) in [7, 11) is 0. The summed E-state index contributed by atoms with van der Waals surface area (Å²) in [5, 5.41) is 0. The van der Waals surface area contributed by atoms with Gasteiger partial charge < -0.3 is 0 Å². The molecule has 0 amide bonds. The van der Waals surface area contributed by atoms with Gasteiger partial charge in [-0.3, -0.25) is 0 Å². The van der Waals surface area contributed by atoms with Gasteiger partial charge >= 0.3 is 32.2 Å². The molecule has 0 aromatic rings. The second-order valence-electron chi connectivity index (χ2n) is 0.238. The van der Waals surface area contributed by atoms with E-state index >= 15 is 0 Å². The first-order valence-electron chi connectivity index (χ1n) is 0.565. The van der Waals surface area contributed by atoms with Gasteiger partial charge in [-0.25, -0.2) is 0 Å². The molecular formula is MnO2PV. The van der Waals surface area contributed by atoms with Gasteiger partial charge in [-0.2, -0.15) is 0 Å². The van der Waals surface area contributed by atoms with Gasteiger partial charge in [0.05, 0.1) is 0 Å². The van der Waals surface area contributed by atoms with E-state index in [1.165, 1.54) is 17.0 Å². The SMILES string of the molecule is O=[P](=O)[V].[Mn]. The molecule has 2 nitrogen and oxygen atoms in total. The fourth-order valence-electron chi connectivity index (χ4n) is 0. The molecule has 0 N–H and O–H groups in total. The third-order valence-corrected chi connectivity index (χ3v) is 0. The van der Waals surface area contributed by atoms with E-state index in [0.29, 0.717) is 0 Å². The molecule has 0 bridgehead atoms. The zero-order chi connectivity index (χ0) is 3.58. The summed E-state index contributed by atoms with van der Waals surface area (Å²) in [6.07, 6.45) is -2.18. The molecular weight excluding hydrogens is 169 g/mol. The molecule has 0 unspecified atom stereocenters. The summed E-state index contributed by atoms with van der Waals surface area (Å²) >= 11 is 1.49. The Kier molecular flexibility index (Phi) is 9.38. The van der Waals surface area contributed by atoms with Crippen molar-refractivity contribution in [3.8, 4) is 0 Å². The van der Waals surface area contributed by atoms with Gasteiger partial charge in [0.15, 0.2) is 0 Å². The summed E-state index contributed by atoms with van der Waals surface area (Å²) in [6.45, 7) is 0.